The van der Waals surface area contributed by atoms with Crippen LogP contribution in [0.2, 0.25) is 0 Å². The molecule has 0 spiro atoms. The van der Waals surface area contributed by atoms with Crippen molar-refractivity contribution in [3.63, 3.8) is 0 Å². The molecule has 1 aliphatic heterocycles. The smallest absolute Gasteiger partial charge is 0.223 e. The van der Waals surface area contributed by atoms with Gasteiger partial charge in [0.05, 0.1) is 30.5 Å². The number of nitrogens with one attached hydrogen (secondary N) is 1. The average Bonchev–Trinajstić information content (AvgIpc) is 2.74. The Kier molecular flexibility index (Phi) is 6.11. The number of nitrogens with two attached hydrogens (primary N) is 1. The van der Waals surface area contributed by atoms with E-state index in [1.807, 2.05) is 38.2 Å². The highest BCUT2D eigenvalue weighted by Crippen LogP contribution is 2.35. The Labute approximate surface area is 187 Å². The zero-order valence-corrected chi connectivity index (χ0v) is 18.9. The molecular weight excluding hydrogens is 409 g/mol. The number of ether oxygens (including phenoxy) is 1. The van der Waals surface area contributed by atoms with Crippen LogP contribution in [0.15, 0.2) is 30.6 Å². The molecule has 2 aromatic heterocycles. The van der Waals surface area contributed by atoms with Crippen molar-refractivity contribution in [1.29, 1.82) is 0 Å². The molecule has 1 aliphatic rings. The zero-order chi connectivity index (χ0) is 23.0. The highest BCUT2D eigenvalue weighted by molar-refractivity contribution is 5.88. The molecule has 0 unspecified atom stereocenters. The van der Waals surface area contributed by atoms with E-state index in [0.717, 1.165) is 28.2 Å². The van der Waals surface area contributed by atoms with E-state index in [4.69, 9.17) is 10.5 Å². The lowest BCUT2D eigenvalue weighted by Crippen LogP contribution is -2.42. The molecule has 2 atom stereocenters. The Morgan fingerprint density at radius 1 is 1.25 bits per heavy atom. The van der Waals surface area contributed by atoms with Gasteiger partial charge in [-0.1, -0.05) is 19.9 Å². The van der Waals surface area contributed by atoms with Crippen molar-refractivity contribution in [2.45, 2.75) is 57.7 Å². The second kappa shape index (κ2) is 8.69. The summed E-state index contributed by atoms with van der Waals surface area (Å²) in [5.74, 6) is -0.0423. The van der Waals surface area contributed by atoms with E-state index in [2.05, 4.69) is 34.1 Å². The minimum atomic E-state index is -0.667. The van der Waals surface area contributed by atoms with Crippen LogP contribution in [-0.4, -0.2) is 45.4 Å². The average molecular weight is 440 g/mol. The zero-order valence-electron chi connectivity index (χ0n) is 18.9. The molecule has 0 saturated carbocycles. The summed E-state index contributed by atoms with van der Waals surface area (Å²) >= 11 is 0. The number of aliphatic hydroxyl groups is 1. The Morgan fingerprint density at radius 3 is 2.72 bits per heavy atom. The van der Waals surface area contributed by atoms with Crippen molar-refractivity contribution < 1.29 is 14.2 Å². The lowest BCUT2D eigenvalue weighted by molar-refractivity contribution is -0.0136. The maximum atomic E-state index is 14.8. The summed E-state index contributed by atoms with van der Waals surface area (Å²) in [6.07, 6.45) is 2.94. The molecule has 7 nitrogen and oxygen atoms in total. The minimum Gasteiger partial charge on any atom is -0.389 e. The third kappa shape index (κ3) is 4.44. The van der Waals surface area contributed by atoms with E-state index < -0.39 is 17.5 Å². The van der Waals surface area contributed by atoms with E-state index in [0.29, 0.717) is 18.6 Å². The number of nitrogens with zero attached hydrogens (tertiary/aromatic N) is 3. The molecule has 0 bridgehead atoms. The van der Waals surface area contributed by atoms with Crippen LogP contribution in [0.1, 0.15) is 51.2 Å². The van der Waals surface area contributed by atoms with Crippen LogP contribution in [0.3, 0.4) is 0 Å². The van der Waals surface area contributed by atoms with Gasteiger partial charge < -0.3 is 20.9 Å². The molecule has 32 heavy (non-hydrogen) atoms. The predicted octanol–water partition coefficient (Wildman–Crippen LogP) is 3.71. The maximum absolute atomic E-state index is 14.8. The van der Waals surface area contributed by atoms with Crippen molar-refractivity contribution in [1.82, 2.24) is 15.0 Å². The first kappa shape index (κ1) is 22.5. The van der Waals surface area contributed by atoms with Gasteiger partial charge in [0.25, 0.3) is 0 Å². The van der Waals surface area contributed by atoms with Crippen LogP contribution < -0.4 is 11.1 Å². The summed E-state index contributed by atoms with van der Waals surface area (Å²) in [7, 11) is 0. The molecule has 170 valence electrons. The monoisotopic (exact) mass is 439 g/mol. The predicted molar refractivity (Wildman–Crippen MR) is 123 cm³/mol. The summed E-state index contributed by atoms with van der Waals surface area (Å²) in [6.45, 7) is 8.93. The van der Waals surface area contributed by atoms with Crippen molar-refractivity contribution in [2.75, 3.05) is 18.5 Å². The van der Waals surface area contributed by atoms with Gasteiger partial charge in [0, 0.05) is 29.3 Å². The number of rotatable bonds is 5. The molecule has 0 amide bonds. The van der Waals surface area contributed by atoms with Gasteiger partial charge in [0.15, 0.2) is 5.82 Å². The van der Waals surface area contributed by atoms with Gasteiger partial charge in [0.2, 0.25) is 5.95 Å². The van der Waals surface area contributed by atoms with E-state index >= 15 is 0 Å². The van der Waals surface area contributed by atoms with Gasteiger partial charge >= 0.3 is 0 Å². The molecule has 1 aromatic carbocycles. The summed E-state index contributed by atoms with van der Waals surface area (Å²) in [6, 6.07) is 5.36. The Hall–Kier alpha value is -2.68. The number of benzene rings is 1. The fourth-order valence-corrected chi connectivity index (χ4v) is 4.19. The van der Waals surface area contributed by atoms with Gasteiger partial charge in [-0.05, 0) is 49.4 Å². The van der Waals surface area contributed by atoms with Gasteiger partial charge in [-0.15, -0.1) is 0 Å². The lowest BCUT2D eigenvalue weighted by Gasteiger charge is -2.28. The summed E-state index contributed by atoms with van der Waals surface area (Å²) in [4.78, 5) is 13.1. The molecule has 1 fully saturated rings. The normalized spacial score (nSPS) is 19.5. The molecule has 0 aliphatic carbocycles. The van der Waals surface area contributed by atoms with E-state index in [1.54, 1.807) is 0 Å². The van der Waals surface area contributed by atoms with E-state index in [1.165, 1.54) is 0 Å². The van der Waals surface area contributed by atoms with Crippen molar-refractivity contribution in [3.8, 4) is 11.3 Å². The number of hydrogen-bond donors (Lipinski definition) is 3. The third-order valence-corrected chi connectivity index (χ3v) is 5.84. The lowest BCUT2D eigenvalue weighted by atomic mass is 9.85. The van der Waals surface area contributed by atoms with Crippen LogP contribution in [0.5, 0.6) is 0 Å². The van der Waals surface area contributed by atoms with Crippen LogP contribution in [0, 0.1) is 5.82 Å². The summed E-state index contributed by atoms with van der Waals surface area (Å²) in [5, 5.41) is 14.2. The minimum absolute atomic E-state index is 0.193. The molecular formula is C24H30FN5O2. The first-order chi connectivity index (χ1) is 15.1. The van der Waals surface area contributed by atoms with Crippen molar-refractivity contribution in [3.05, 3.63) is 47.5 Å². The fraction of sp³-hybridized carbons (Fsp3) is 0.458. The summed E-state index contributed by atoms with van der Waals surface area (Å²) in [5.41, 5.74) is 9.58. The first-order valence-electron chi connectivity index (χ1n) is 10.9. The maximum Gasteiger partial charge on any atom is 0.223 e. The Bertz CT molecular complexity index is 1130. The SMILES string of the molecule is CC(C)c1c(C(C)(C)N)cnc2ccc(-c3nc(N[C@@H]4CCOC[C@H]4O)ncc3F)cc12. The number of hydrogen-bond acceptors (Lipinski definition) is 7. The van der Waals surface area contributed by atoms with Gasteiger partial charge in [-0.3, -0.25) is 4.98 Å². The first-order valence-corrected chi connectivity index (χ1v) is 10.9. The Balaban J connectivity index is 1.78. The van der Waals surface area contributed by atoms with Crippen LogP contribution >= 0.6 is 0 Å². The molecule has 4 rings (SSSR count). The number of anilines is 1. The second-order valence-electron chi connectivity index (χ2n) is 9.27. The topological polar surface area (TPSA) is 106 Å². The Morgan fingerprint density at radius 2 is 2.03 bits per heavy atom. The van der Waals surface area contributed by atoms with E-state index in [-0.39, 0.29) is 30.2 Å². The van der Waals surface area contributed by atoms with Gasteiger partial charge in [0.1, 0.15) is 5.69 Å². The highest BCUT2D eigenvalue weighted by Gasteiger charge is 2.25. The molecule has 3 heterocycles. The number of aromatic nitrogens is 3. The van der Waals surface area contributed by atoms with Gasteiger partial charge in [-0.2, -0.15) is 0 Å². The quantitative estimate of drug-likeness (QED) is 0.556. The largest absolute Gasteiger partial charge is 0.389 e. The van der Waals surface area contributed by atoms with Crippen LogP contribution in [-0.2, 0) is 10.3 Å². The van der Waals surface area contributed by atoms with Crippen LogP contribution in [0.25, 0.3) is 22.2 Å². The van der Waals surface area contributed by atoms with Crippen LogP contribution in [0.4, 0.5) is 10.3 Å². The third-order valence-electron chi connectivity index (χ3n) is 5.84. The van der Waals surface area contributed by atoms with E-state index in [9.17, 15) is 9.50 Å². The van der Waals surface area contributed by atoms with Crippen molar-refractivity contribution in [2.24, 2.45) is 5.73 Å². The number of pyridine rings is 1. The molecule has 8 heteroatoms. The molecule has 1 saturated heterocycles. The number of fused-ring (bicyclic) bond motifs is 1. The van der Waals surface area contributed by atoms with Gasteiger partial charge in [-0.25, -0.2) is 14.4 Å². The fourth-order valence-electron chi connectivity index (χ4n) is 4.19. The van der Waals surface area contributed by atoms with Crippen molar-refractivity contribution >= 4 is 16.9 Å². The highest BCUT2D eigenvalue weighted by atomic mass is 19.1. The number of aliphatic hydroxyl groups excluding tert-OH is 1. The molecule has 4 N–H and O–H groups in total. The summed E-state index contributed by atoms with van der Waals surface area (Å²) < 4.78 is 20.0. The second-order valence-corrected chi connectivity index (χ2v) is 9.27. The number of halogens is 1. The standard InChI is InChI=1S/C24H30FN5O2/c1-13(2)21-15-9-14(5-6-18(15)27-10-16(21)24(3,4)26)22-17(25)11-28-23(30-22)29-19-7-8-32-12-20(19)31/h5-6,9-11,13,19-20,31H,7-8,12,26H2,1-4H3,(H,28,29,30)/t19-,20-/m1/s1. The molecule has 3 aromatic rings. The molecule has 0 radical (unpaired) electrons.